The highest BCUT2D eigenvalue weighted by molar-refractivity contribution is 6.00. The van der Waals surface area contributed by atoms with Crippen molar-refractivity contribution in [2.75, 3.05) is 53.4 Å². The number of benzene rings is 1. The molecule has 0 saturated heterocycles. The summed E-state index contributed by atoms with van der Waals surface area (Å²) in [4.78, 5) is 15.3. The Kier molecular flexibility index (Phi) is 7.83. The van der Waals surface area contributed by atoms with E-state index in [9.17, 15) is 9.90 Å². The van der Waals surface area contributed by atoms with Crippen LogP contribution in [0.3, 0.4) is 0 Å². The largest absolute Gasteiger partial charge is 0.507 e. The molecule has 1 aromatic carbocycles. The maximum absolute atomic E-state index is 11.2. The topological polar surface area (TPSA) is 116 Å². The first-order valence-electron chi connectivity index (χ1n) is 8.53. The zero-order valence-electron chi connectivity index (χ0n) is 15.5. The third kappa shape index (κ3) is 6.09. The van der Waals surface area contributed by atoms with Crippen molar-refractivity contribution in [1.82, 2.24) is 0 Å². The van der Waals surface area contributed by atoms with Crippen molar-refractivity contribution in [3.05, 3.63) is 23.8 Å². The standard InChI is InChI=1S/C18H25NO8/c1-18(17(21)22)12-27-16(19-18)14-4-3-13(11-15(14)20)26-10-9-25-8-7-24-6-5-23-2/h3-4,11,20H,5-10,12H2,1-2H3,(H,21,22). The Bertz CT molecular complexity index is 663. The number of carboxylic acids is 1. The third-order valence-corrected chi connectivity index (χ3v) is 3.80. The molecule has 0 aromatic heterocycles. The fourth-order valence-corrected chi connectivity index (χ4v) is 2.21. The minimum atomic E-state index is -1.35. The average molecular weight is 383 g/mol. The predicted octanol–water partition coefficient (Wildman–Crippen LogP) is 1.07. The minimum absolute atomic E-state index is 0.0815. The van der Waals surface area contributed by atoms with Crippen LogP contribution in [0.4, 0.5) is 0 Å². The summed E-state index contributed by atoms with van der Waals surface area (Å²) in [6.45, 7) is 4.08. The Morgan fingerprint density at radius 1 is 1.19 bits per heavy atom. The lowest BCUT2D eigenvalue weighted by Crippen LogP contribution is -2.34. The SMILES string of the molecule is COCCOCCOCCOc1ccc(C2=NC(C)(C(=O)O)CO2)c(O)c1. The molecule has 0 bridgehead atoms. The second kappa shape index (κ2) is 10.1. The molecule has 1 aliphatic heterocycles. The molecule has 1 atom stereocenters. The van der Waals surface area contributed by atoms with Gasteiger partial charge in [0.05, 0.1) is 38.6 Å². The fraction of sp³-hybridized carbons (Fsp3) is 0.556. The van der Waals surface area contributed by atoms with E-state index in [2.05, 4.69) is 4.99 Å². The number of rotatable bonds is 12. The number of carbonyl (C=O) groups is 1. The van der Waals surface area contributed by atoms with Crippen LogP contribution in [-0.2, 0) is 23.7 Å². The van der Waals surface area contributed by atoms with E-state index >= 15 is 0 Å². The lowest BCUT2D eigenvalue weighted by molar-refractivity contribution is -0.142. The van der Waals surface area contributed by atoms with Crippen molar-refractivity contribution in [1.29, 1.82) is 0 Å². The van der Waals surface area contributed by atoms with Crippen molar-refractivity contribution >= 4 is 11.9 Å². The first kappa shape index (κ1) is 20.9. The number of ether oxygens (including phenoxy) is 5. The van der Waals surface area contributed by atoms with Crippen LogP contribution in [0.1, 0.15) is 12.5 Å². The Hall–Kier alpha value is -2.36. The lowest BCUT2D eigenvalue weighted by atomic mass is 10.1. The lowest BCUT2D eigenvalue weighted by Gasteiger charge is -2.10. The van der Waals surface area contributed by atoms with Crippen molar-refractivity contribution < 1.29 is 38.7 Å². The summed E-state index contributed by atoms with van der Waals surface area (Å²) in [6, 6.07) is 4.64. The van der Waals surface area contributed by atoms with Gasteiger partial charge in [0.1, 0.15) is 24.7 Å². The van der Waals surface area contributed by atoms with Crippen molar-refractivity contribution in [2.45, 2.75) is 12.5 Å². The Morgan fingerprint density at radius 3 is 2.44 bits per heavy atom. The number of aliphatic imine (C=N–C) groups is 1. The van der Waals surface area contributed by atoms with Gasteiger partial charge in [-0.05, 0) is 19.1 Å². The van der Waals surface area contributed by atoms with E-state index < -0.39 is 11.5 Å². The third-order valence-electron chi connectivity index (χ3n) is 3.80. The summed E-state index contributed by atoms with van der Waals surface area (Å²) in [5.74, 6) is -0.633. The Morgan fingerprint density at radius 2 is 1.85 bits per heavy atom. The fourth-order valence-electron chi connectivity index (χ4n) is 2.21. The number of methoxy groups -OCH3 is 1. The predicted molar refractivity (Wildman–Crippen MR) is 95.6 cm³/mol. The molecule has 150 valence electrons. The Balaban J connectivity index is 1.76. The van der Waals surface area contributed by atoms with Gasteiger partial charge in [0.2, 0.25) is 5.90 Å². The number of hydrogen-bond donors (Lipinski definition) is 2. The number of aromatic hydroxyl groups is 1. The van der Waals surface area contributed by atoms with Gasteiger partial charge in [-0.25, -0.2) is 9.79 Å². The van der Waals surface area contributed by atoms with E-state index in [1.807, 2.05) is 0 Å². The zero-order chi connectivity index (χ0) is 19.7. The molecule has 2 rings (SSSR count). The average Bonchev–Trinajstić information content (AvgIpc) is 3.04. The van der Waals surface area contributed by atoms with Gasteiger partial charge in [-0.3, -0.25) is 0 Å². The van der Waals surface area contributed by atoms with Crippen LogP contribution in [0.15, 0.2) is 23.2 Å². The Labute approximate surface area is 157 Å². The quantitative estimate of drug-likeness (QED) is 0.515. The van der Waals surface area contributed by atoms with E-state index in [1.165, 1.54) is 13.0 Å². The smallest absolute Gasteiger partial charge is 0.335 e. The van der Waals surface area contributed by atoms with Gasteiger partial charge in [0.15, 0.2) is 5.54 Å². The van der Waals surface area contributed by atoms with Gasteiger partial charge in [0, 0.05) is 13.2 Å². The van der Waals surface area contributed by atoms with Gasteiger partial charge in [0.25, 0.3) is 0 Å². The van der Waals surface area contributed by atoms with Gasteiger partial charge >= 0.3 is 5.97 Å². The summed E-state index contributed by atoms with van der Waals surface area (Å²) in [5, 5.41) is 19.3. The van der Waals surface area contributed by atoms with Crippen LogP contribution in [-0.4, -0.2) is 81.0 Å². The van der Waals surface area contributed by atoms with Crippen LogP contribution < -0.4 is 4.74 Å². The zero-order valence-corrected chi connectivity index (χ0v) is 15.5. The molecule has 1 aromatic rings. The number of phenols is 1. The van der Waals surface area contributed by atoms with E-state index in [0.29, 0.717) is 51.0 Å². The number of nitrogens with zero attached hydrogens (tertiary/aromatic N) is 1. The van der Waals surface area contributed by atoms with Crippen molar-refractivity contribution in [2.24, 2.45) is 4.99 Å². The molecule has 0 fully saturated rings. The molecular formula is C18H25NO8. The molecule has 0 spiro atoms. The van der Waals surface area contributed by atoms with Crippen LogP contribution in [0, 0.1) is 0 Å². The van der Waals surface area contributed by atoms with Crippen molar-refractivity contribution in [3.8, 4) is 11.5 Å². The molecule has 1 heterocycles. The maximum Gasteiger partial charge on any atom is 0.335 e. The van der Waals surface area contributed by atoms with E-state index in [0.717, 1.165) is 0 Å². The van der Waals surface area contributed by atoms with Gasteiger partial charge in [-0.2, -0.15) is 0 Å². The number of carboxylic acid groups (broad SMARTS) is 1. The molecule has 27 heavy (non-hydrogen) atoms. The molecule has 0 saturated carbocycles. The second-order valence-electron chi connectivity index (χ2n) is 6.03. The van der Waals surface area contributed by atoms with Crippen molar-refractivity contribution in [3.63, 3.8) is 0 Å². The van der Waals surface area contributed by atoms with E-state index in [1.54, 1.807) is 19.2 Å². The highest BCUT2D eigenvalue weighted by atomic mass is 16.6. The molecule has 0 amide bonds. The maximum atomic E-state index is 11.2. The van der Waals surface area contributed by atoms with Crippen LogP contribution >= 0.6 is 0 Å². The monoisotopic (exact) mass is 383 g/mol. The van der Waals surface area contributed by atoms with Crippen LogP contribution in [0.25, 0.3) is 0 Å². The van der Waals surface area contributed by atoms with E-state index in [-0.39, 0.29) is 18.3 Å². The van der Waals surface area contributed by atoms with Crippen LogP contribution in [0.5, 0.6) is 11.5 Å². The summed E-state index contributed by atoms with van der Waals surface area (Å²) in [7, 11) is 1.61. The molecular weight excluding hydrogens is 358 g/mol. The highest BCUT2D eigenvalue weighted by Crippen LogP contribution is 2.29. The number of phenolic OH excluding ortho intramolecular Hbond substituents is 1. The molecule has 2 N–H and O–H groups in total. The van der Waals surface area contributed by atoms with Gasteiger partial charge in [-0.15, -0.1) is 0 Å². The number of aliphatic carboxylic acids is 1. The molecule has 0 radical (unpaired) electrons. The summed E-state index contributed by atoms with van der Waals surface area (Å²) < 4.78 is 26.3. The second-order valence-corrected chi connectivity index (χ2v) is 6.03. The minimum Gasteiger partial charge on any atom is -0.507 e. The summed E-state index contributed by atoms with van der Waals surface area (Å²) in [5.41, 5.74) is -1.03. The normalized spacial score (nSPS) is 18.8. The molecule has 1 unspecified atom stereocenters. The first-order valence-corrected chi connectivity index (χ1v) is 8.53. The first-order chi connectivity index (χ1) is 13.0. The summed E-state index contributed by atoms with van der Waals surface area (Å²) in [6.07, 6.45) is 0. The summed E-state index contributed by atoms with van der Waals surface area (Å²) >= 11 is 0. The van der Waals surface area contributed by atoms with Gasteiger partial charge < -0.3 is 33.9 Å². The van der Waals surface area contributed by atoms with E-state index in [4.69, 9.17) is 28.8 Å². The molecule has 0 aliphatic carbocycles. The molecule has 1 aliphatic rings. The molecule has 9 heteroatoms. The molecule has 9 nitrogen and oxygen atoms in total. The number of hydrogen-bond acceptors (Lipinski definition) is 8. The highest BCUT2D eigenvalue weighted by Gasteiger charge is 2.40. The van der Waals surface area contributed by atoms with Gasteiger partial charge in [-0.1, -0.05) is 0 Å². The van der Waals surface area contributed by atoms with Crippen LogP contribution in [0.2, 0.25) is 0 Å².